The molecule has 2 fully saturated rings. The Hall–Kier alpha value is -1.62. The first kappa shape index (κ1) is 14.9. The topological polar surface area (TPSA) is 49.0 Å². The first-order valence-electron chi connectivity index (χ1n) is 8.62. The van der Waals surface area contributed by atoms with Gasteiger partial charge < -0.3 is 4.90 Å². The van der Waals surface area contributed by atoms with E-state index in [1.165, 1.54) is 30.6 Å². The third-order valence-electron chi connectivity index (χ3n) is 5.38. The van der Waals surface area contributed by atoms with E-state index < -0.39 is 0 Å². The van der Waals surface area contributed by atoms with E-state index in [0.29, 0.717) is 11.6 Å². The SMILES string of the molecule is Cc1ccc(-c2cc(C(=O)N3CC[C@@H]4CCCC[C@@H]4C3)n[nH]2)s1. The zero-order chi connectivity index (χ0) is 15.8. The molecule has 0 aromatic carbocycles. The summed E-state index contributed by atoms with van der Waals surface area (Å²) in [5.74, 6) is 1.64. The lowest BCUT2D eigenvalue weighted by atomic mass is 9.75. The lowest BCUT2D eigenvalue weighted by Gasteiger charge is -2.41. The number of piperidine rings is 1. The summed E-state index contributed by atoms with van der Waals surface area (Å²) >= 11 is 1.72. The summed E-state index contributed by atoms with van der Waals surface area (Å²) in [5, 5.41) is 7.30. The van der Waals surface area contributed by atoms with E-state index in [4.69, 9.17) is 0 Å². The molecule has 3 heterocycles. The summed E-state index contributed by atoms with van der Waals surface area (Å²) in [6.07, 6.45) is 6.51. The Balaban J connectivity index is 1.48. The van der Waals surface area contributed by atoms with Gasteiger partial charge in [0.15, 0.2) is 5.69 Å². The lowest BCUT2D eigenvalue weighted by Crippen LogP contribution is -2.44. The predicted octanol–water partition coefficient (Wildman–Crippen LogP) is 4.10. The fourth-order valence-electron chi connectivity index (χ4n) is 4.08. The molecule has 0 radical (unpaired) electrons. The Bertz CT molecular complexity index is 705. The van der Waals surface area contributed by atoms with Crippen LogP contribution in [0.25, 0.3) is 10.6 Å². The highest BCUT2D eigenvalue weighted by Gasteiger charge is 2.33. The highest BCUT2D eigenvalue weighted by molar-refractivity contribution is 7.15. The second-order valence-electron chi connectivity index (χ2n) is 6.92. The van der Waals surface area contributed by atoms with Crippen molar-refractivity contribution in [2.24, 2.45) is 11.8 Å². The Labute approximate surface area is 140 Å². The minimum absolute atomic E-state index is 0.0878. The summed E-state index contributed by atoms with van der Waals surface area (Å²) in [7, 11) is 0. The number of nitrogens with zero attached hydrogens (tertiary/aromatic N) is 2. The van der Waals surface area contributed by atoms with Crippen molar-refractivity contribution < 1.29 is 4.79 Å². The number of thiophene rings is 1. The zero-order valence-corrected chi connectivity index (χ0v) is 14.4. The molecule has 4 nitrogen and oxygen atoms in total. The average molecular weight is 329 g/mol. The van der Waals surface area contributed by atoms with E-state index in [1.807, 2.05) is 11.0 Å². The molecule has 1 N–H and O–H groups in total. The Morgan fingerprint density at radius 3 is 2.87 bits per heavy atom. The molecule has 1 saturated heterocycles. The number of fused-ring (bicyclic) bond motifs is 1. The van der Waals surface area contributed by atoms with Crippen molar-refractivity contribution in [2.45, 2.75) is 39.0 Å². The number of hydrogen-bond donors (Lipinski definition) is 1. The number of H-pyrrole nitrogens is 1. The minimum Gasteiger partial charge on any atom is -0.337 e. The summed E-state index contributed by atoms with van der Waals surface area (Å²) in [5.41, 5.74) is 1.50. The molecule has 0 spiro atoms. The largest absolute Gasteiger partial charge is 0.337 e. The van der Waals surface area contributed by atoms with Gasteiger partial charge in [0.25, 0.3) is 5.91 Å². The van der Waals surface area contributed by atoms with Crippen molar-refractivity contribution >= 4 is 17.2 Å². The molecule has 1 aliphatic heterocycles. The first-order valence-corrected chi connectivity index (χ1v) is 9.44. The molecule has 122 valence electrons. The van der Waals surface area contributed by atoms with Gasteiger partial charge in [-0.05, 0) is 49.8 Å². The number of carbonyl (C=O) groups excluding carboxylic acids is 1. The minimum atomic E-state index is 0.0878. The number of likely N-dealkylation sites (tertiary alicyclic amines) is 1. The highest BCUT2D eigenvalue weighted by atomic mass is 32.1. The van der Waals surface area contributed by atoms with E-state index in [9.17, 15) is 4.79 Å². The van der Waals surface area contributed by atoms with Crippen LogP contribution < -0.4 is 0 Å². The maximum Gasteiger partial charge on any atom is 0.274 e. The number of aromatic nitrogens is 2. The van der Waals surface area contributed by atoms with Crippen molar-refractivity contribution in [3.05, 3.63) is 28.8 Å². The van der Waals surface area contributed by atoms with Crippen LogP contribution in [0.4, 0.5) is 0 Å². The third-order valence-corrected chi connectivity index (χ3v) is 6.42. The van der Waals surface area contributed by atoms with Gasteiger partial charge in [0.05, 0.1) is 10.6 Å². The van der Waals surface area contributed by atoms with Crippen LogP contribution in [0.3, 0.4) is 0 Å². The average Bonchev–Trinajstić information content (AvgIpc) is 3.22. The molecule has 1 saturated carbocycles. The Morgan fingerprint density at radius 2 is 2.09 bits per heavy atom. The molecule has 1 amide bonds. The fourth-order valence-corrected chi connectivity index (χ4v) is 4.92. The summed E-state index contributed by atoms with van der Waals surface area (Å²) in [6.45, 7) is 3.90. The second-order valence-corrected chi connectivity index (χ2v) is 8.21. The van der Waals surface area contributed by atoms with Crippen molar-refractivity contribution in [3.63, 3.8) is 0 Å². The van der Waals surface area contributed by atoms with Crippen molar-refractivity contribution in [1.29, 1.82) is 0 Å². The Kier molecular flexibility index (Phi) is 3.97. The second kappa shape index (κ2) is 6.11. The van der Waals surface area contributed by atoms with E-state index in [-0.39, 0.29) is 5.91 Å². The third kappa shape index (κ3) is 2.94. The molecule has 4 rings (SSSR count). The van der Waals surface area contributed by atoms with Crippen LogP contribution >= 0.6 is 11.3 Å². The number of aryl methyl sites for hydroxylation is 1. The molecule has 0 bridgehead atoms. The van der Waals surface area contributed by atoms with Crippen LogP contribution in [0.1, 0.15) is 47.5 Å². The van der Waals surface area contributed by atoms with E-state index in [1.54, 1.807) is 11.3 Å². The van der Waals surface area contributed by atoms with Crippen LogP contribution in [0, 0.1) is 18.8 Å². The molecular weight excluding hydrogens is 306 g/mol. The molecular formula is C18H23N3OS. The molecule has 2 aliphatic rings. The normalized spacial score (nSPS) is 24.5. The van der Waals surface area contributed by atoms with E-state index >= 15 is 0 Å². The highest BCUT2D eigenvalue weighted by Crippen LogP contribution is 2.36. The molecule has 0 unspecified atom stereocenters. The lowest BCUT2D eigenvalue weighted by molar-refractivity contribution is 0.0515. The maximum atomic E-state index is 12.8. The quantitative estimate of drug-likeness (QED) is 0.902. The van der Waals surface area contributed by atoms with Gasteiger partial charge in [-0.25, -0.2) is 0 Å². The monoisotopic (exact) mass is 329 g/mol. The van der Waals surface area contributed by atoms with Crippen LogP contribution in [0.15, 0.2) is 18.2 Å². The fraction of sp³-hybridized carbons (Fsp3) is 0.556. The summed E-state index contributed by atoms with van der Waals surface area (Å²) in [6, 6.07) is 6.08. The van der Waals surface area contributed by atoms with Gasteiger partial charge >= 0.3 is 0 Å². The van der Waals surface area contributed by atoms with Gasteiger partial charge in [-0.3, -0.25) is 9.89 Å². The number of rotatable bonds is 2. The molecule has 2 aromatic rings. The zero-order valence-electron chi connectivity index (χ0n) is 13.5. The predicted molar refractivity (Wildman–Crippen MR) is 92.6 cm³/mol. The standard InChI is InChI=1S/C18H23N3OS/c1-12-6-7-17(23-12)15-10-16(20-19-15)18(22)21-9-8-13-4-2-3-5-14(13)11-21/h6-7,10,13-14H,2-5,8-9,11H2,1H3,(H,19,20)/t13-,14+/m0/s1. The van der Waals surface area contributed by atoms with Crippen molar-refractivity contribution in [1.82, 2.24) is 15.1 Å². The number of nitrogens with one attached hydrogen (secondary N) is 1. The van der Waals surface area contributed by atoms with E-state index in [0.717, 1.165) is 36.0 Å². The van der Waals surface area contributed by atoms with Gasteiger partial charge in [-0.15, -0.1) is 11.3 Å². The van der Waals surface area contributed by atoms with Gasteiger partial charge in [0, 0.05) is 18.0 Å². The van der Waals surface area contributed by atoms with Gasteiger partial charge in [-0.2, -0.15) is 5.10 Å². The molecule has 2 atom stereocenters. The first-order chi connectivity index (χ1) is 11.2. The summed E-state index contributed by atoms with van der Waals surface area (Å²) in [4.78, 5) is 17.2. The summed E-state index contributed by atoms with van der Waals surface area (Å²) < 4.78 is 0. The number of hydrogen-bond acceptors (Lipinski definition) is 3. The van der Waals surface area contributed by atoms with Crippen LogP contribution in [-0.4, -0.2) is 34.1 Å². The number of aromatic amines is 1. The molecule has 5 heteroatoms. The van der Waals surface area contributed by atoms with Crippen LogP contribution in [-0.2, 0) is 0 Å². The van der Waals surface area contributed by atoms with E-state index in [2.05, 4.69) is 29.3 Å². The van der Waals surface area contributed by atoms with Gasteiger partial charge in [0.2, 0.25) is 0 Å². The van der Waals surface area contributed by atoms with Crippen molar-refractivity contribution in [3.8, 4) is 10.6 Å². The van der Waals surface area contributed by atoms with Crippen LogP contribution in [0.5, 0.6) is 0 Å². The van der Waals surface area contributed by atoms with Gasteiger partial charge in [0.1, 0.15) is 0 Å². The molecule has 23 heavy (non-hydrogen) atoms. The van der Waals surface area contributed by atoms with Crippen molar-refractivity contribution in [2.75, 3.05) is 13.1 Å². The number of amides is 1. The smallest absolute Gasteiger partial charge is 0.274 e. The number of carbonyl (C=O) groups is 1. The van der Waals surface area contributed by atoms with Crippen LogP contribution in [0.2, 0.25) is 0 Å². The molecule has 2 aromatic heterocycles. The maximum absolute atomic E-state index is 12.8. The molecule has 1 aliphatic carbocycles. The van der Waals surface area contributed by atoms with Gasteiger partial charge in [-0.1, -0.05) is 19.3 Å². The Morgan fingerprint density at radius 1 is 1.26 bits per heavy atom.